The predicted molar refractivity (Wildman–Crippen MR) is 111 cm³/mol. The first-order chi connectivity index (χ1) is 13.6. The molecule has 3 aromatic rings. The van der Waals surface area contributed by atoms with E-state index in [0.717, 1.165) is 40.1 Å². The van der Waals surface area contributed by atoms with E-state index in [0.29, 0.717) is 6.61 Å². The summed E-state index contributed by atoms with van der Waals surface area (Å²) < 4.78 is 44.6. The van der Waals surface area contributed by atoms with E-state index in [2.05, 4.69) is 26.0 Å². The first-order valence-electron chi connectivity index (χ1n) is 9.55. The number of benzene rings is 3. The third kappa shape index (κ3) is 4.81. The van der Waals surface area contributed by atoms with E-state index in [4.69, 9.17) is 4.74 Å². The zero-order chi connectivity index (χ0) is 21.2. The highest BCUT2D eigenvalue weighted by molar-refractivity contribution is 5.72. The minimum atomic E-state index is -4.33. The van der Waals surface area contributed by atoms with Crippen molar-refractivity contribution in [3.8, 4) is 16.9 Å². The summed E-state index contributed by atoms with van der Waals surface area (Å²) in [6.45, 7) is 8.71. The Hall–Kier alpha value is -2.75. The van der Waals surface area contributed by atoms with Crippen LogP contribution in [0, 0.1) is 13.8 Å². The third-order valence-electron chi connectivity index (χ3n) is 5.16. The Kier molecular flexibility index (Phi) is 5.74. The summed E-state index contributed by atoms with van der Waals surface area (Å²) in [4.78, 5) is 0. The molecule has 0 heterocycles. The molecule has 0 N–H and O–H groups in total. The van der Waals surface area contributed by atoms with Crippen LogP contribution >= 0.6 is 0 Å². The smallest absolute Gasteiger partial charge is 0.416 e. The monoisotopic (exact) mass is 398 g/mol. The Bertz CT molecular complexity index is 948. The third-order valence-corrected chi connectivity index (χ3v) is 5.16. The van der Waals surface area contributed by atoms with E-state index in [9.17, 15) is 13.2 Å². The lowest BCUT2D eigenvalue weighted by Crippen LogP contribution is -2.26. The second kappa shape index (κ2) is 7.94. The van der Waals surface area contributed by atoms with Crippen LogP contribution in [0.4, 0.5) is 13.2 Å². The summed E-state index contributed by atoms with van der Waals surface area (Å²) in [7, 11) is 0. The average Bonchev–Trinajstić information content (AvgIpc) is 2.66. The molecule has 0 fully saturated rings. The number of halogens is 3. The standard InChI is InChI=1S/C25H25F3O/c1-17-14-22(29-16-24(3,4)20-8-6-5-7-9-20)15-18(2)23(17)19-10-12-21(13-11-19)25(26,27)28/h5-15H,16H2,1-4H3. The molecule has 0 radical (unpaired) electrons. The van der Waals surface area contributed by atoms with Crippen LogP contribution in [0.5, 0.6) is 5.75 Å². The van der Waals surface area contributed by atoms with Gasteiger partial charge in [0, 0.05) is 5.41 Å². The maximum absolute atomic E-state index is 12.8. The van der Waals surface area contributed by atoms with Gasteiger partial charge in [-0.1, -0.05) is 56.3 Å². The van der Waals surface area contributed by atoms with Crippen molar-refractivity contribution in [1.82, 2.24) is 0 Å². The molecule has 0 aromatic heterocycles. The van der Waals surface area contributed by atoms with Crippen molar-refractivity contribution >= 4 is 0 Å². The molecule has 0 saturated heterocycles. The van der Waals surface area contributed by atoms with Gasteiger partial charge >= 0.3 is 6.18 Å². The maximum atomic E-state index is 12.8. The van der Waals surface area contributed by atoms with E-state index < -0.39 is 11.7 Å². The first-order valence-corrected chi connectivity index (χ1v) is 9.55. The molecular weight excluding hydrogens is 373 g/mol. The van der Waals surface area contributed by atoms with E-state index in [1.54, 1.807) is 0 Å². The van der Waals surface area contributed by atoms with Gasteiger partial charge in [0.05, 0.1) is 12.2 Å². The summed E-state index contributed by atoms with van der Waals surface area (Å²) in [6, 6.07) is 19.4. The van der Waals surface area contributed by atoms with Gasteiger partial charge in [-0.25, -0.2) is 0 Å². The average molecular weight is 398 g/mol. The zero-order valence-electron chi connectivity index (χ0n) is 17.1. The van der Waals surface area contributed by atoms with Gasteiger partial charge in [-0.3, -0.25) is 0 Å². The van der Waals surface area contributed by atoms with Gasteiger partial charge in [0.2, 0.25) is 0 Å². The molecule has 0 bridgehead atoms. The zero-order valence-corrected chi connectivity index (χ0v) is 17.1. The van der Waals surface area contributed by atoms with Crippen molar-refractivity contribution in [2.45, 2.75) is 39.3 Å². The molecule has 1 nitrogen and oxygen atoms in total. The molecule has 0 atom stereocenters. The van der Waals surface area contributed by atoms with Gasteiger partial charge in [-0.2, -0.15) is 13.2 Å². The van der Waals surface area contributed by atoms with Crippen LogP contribution in [-0.2, 0) is 11.6 Å². The van der Waals surface area contributed by atoms with Crippen LogP contribution in [0.25, 0.3) is 11.1 Å². The molecular formula is C25H25F3O. The fraction of sp³-hybridized carbons (Fsp3) is 0.280. The molecule has 3 aromatic carbocycles. The van der Waals surface area contributed by atoms with E-state index in [1.165, 1.54) is 17.7 Å². The van der Waals surface area contributed by atoms with Crippen LogP contribution < -0.4 is 4.74 Å². The van der Waals surface area contributed by atoms with Crippen LogP contribution in [0.15, 0.2) is 66.7 Å². The summed E-state index contributed by atoms with van der Waals surface area (Å²) in [5, 5.41) is 0. The van der Waals surface area contributed by atoms with Gasteiger partial charge in [0.15, 0.2) is 0 Å². The normalized spacial score (nSPS) is 12.1. The summed E-state index contributed by atoms with van der Waals surface area (Å²) in [5.41, 5.74) is 4.07. The molecule has 0 aliphatic rings. The van der Waals surface area contributed by atoms with Crippen molar-refractivity contribution in [3.63, 3.8) is 0 Å². The molecule has 0 saturated carbocycles. The van der Waals surface area contributed by atoms with Crippen LogP contribution in [0.1, 0.15) is 36.1 Å². The van der Waals surface area contributed by atoms with E-state index >= 15 is 0 Å². The largest absolute Gasteiger partial charge is 0.493 e. The SMILES string of the molecule is Cc1cc(OCC(C)(C)c2ccccc2)cc(C)c1-c1ccc(C(F)(F)F)cc1. The number of hydrogen-bond donors (Lipinski definition) is 0. The topological polar surface area (TPSA) is 9.23 Å². The first kappa shape index (κ1) is 21.0. The highest BCUT2D eigenvalue weighted by Crippen LogP contribution is 2.35. The Morgan fingerprint density at radius 3 is 1.83 bits per heavy atom. The van der Waals surface area contributed by atoms with Crippen molar-refractivity contribution in [3.05, 3.63) is 89.0 Å². The van der Waals surface area contributed by atoms with Gasteiger partial charge in [0.25, 0.3) is 0 Å². The number of ether oxygens (including phenoxy) is 1. The summed E-state index contributed by atoms with van der Waals surface area (Å²) >= 11 is 0. The van der Waals surface area contributed by atoms with Crippen molar-refractivity contribution in [2.24, 2.45) is 0 Å². The van der Waals surface area contributed by atoms with Crippen molar-refractivity contribution in [1.29, 1.82) is 0 Å². The van der Waals surface area contributed by atoms with Gasteiger partial charge in [-0.15, -0.1) is 0 Å². The maximum Gasteiger partial charge on any atom is 0.416 e. The quantitative estimate of drug-likeness (QED) is 0.437. The Labute approximate surface area is 170 Å². The number of rotatable bonds is 5. The summed E-state index contributed by atoms with van der Waals surface area (Å²) in [6.07, 6.45) is -4.33. The fourth-order valence-corrected chi connectivity index (χ4v) is 3.52. The summed E-state index contributed by atoms with van der Waals surface area (Å²) in [5.74, 6) is 0.764. The lowest BCUT2D eigenvalue weighted by Gasteiger charge is -2.26. The lowest BCUT2D eigenvalue weighted by atomic mass is 9.85. The minimum absolute atomic E-state index is 0.144. The fourth-order valence-electron chi connectivity index (χ4n) is 3.52. The lowest BCUT2D eigenvalue weighted by molar-refractivity contribution is -0.137. The molecule has 152 valence electrons. The molecule has 0 spiro atoms. The Morgan fingerprint density at radius 1 is 0.759 bits per heavy atom. The Balaban J connectivity index is 1.81. The molecule has 0 aliphatic carbocycles. The van der Waals surface area contributed by atoms with Crippen LogP contribution in [0.2, 0.25) is 0 Å². The van der Waals surface area contributed by atoms with Crippen molar-refractivity contribution in [2.75, 3.05) is 6.61 Å². The second-order valence-electron chi connectivity index (χ2n) is 8.05. The number of aryl methyl sites for hydroxylation is 2. The van der Waals surface area contributed by atoms with Crippen molar-refractivity contribution < 1.29 is 17.9 Å². The predicted octanol–water partition coefficient (Wildman–Crippen LogP) is 7.35. The molecule has 3 rings (SSSR count). The van der Waals surface area contributed by atoms with E-state index in [1.807, 2.05) is 44.2 Å². The second-order valence-corrected chi connectivity index (χ2v) is 8.05. The van der Waals surface area contributed by atoms with Crippen LogP contribution in [-0.4, -0.2) is 6.61 Å². The van der Waals surface area contributed by atoms with Gasteiger partial charge in [-0.05, 0) is 65.9 Å². The molecule has 4 heteroatoms. The molecule has 0 unspecified atom stereocenters. The molecule has 29 heavy (non-hydrogen) atoms. The van der Waals surface area contributed by atoms with Gasteiger partial charge in [0.1, 0.15) is 5.75 Å². The van der Waals surface area contributed by atoms with Crippen LogP contribution in [0.3, 0.4) is 0 Å². The molecule has 0 aliphatic heterocycles. The highest BCUT2D eigenvalue weighted by atomic mass is 19.4. The highest BCUT2D eigenvalue weighted by Gasteiger charge is 2.30. The number of hydrogen-bond acceptors (Lipinski definition) is 1. The van der Waals surface area contributed by atoms with Gasteiger partial charge < -0.3 is 4.74 Å². The minimum Gasteiger partial charge on any atom is -0.493 e. The van der Waals surface area contributed by atoms with E-state index in [-0.39, 0.29) is 5.41 Å². The Morgan fingerprint density at radius 2 is 1.31 bits per heavy atom. The number of alkyl halides is 3. The molecule has 0 amide bonds.